The molecule has 0 radical (unpaired) electrons. The van der Waals surface area contributed by atoms with Crippen molar-refractivity contribution in [2.75, 3.05) is 0 Å². The van der Waals surface area contributed by atoms with Gasteiger partial charge in [0.1, 0.15) is 11.6 Å². The third-order valence-electron chi connectivity index (χ3n) is 1.57. The van der Waals surface area contributed by atoms with E-state index in [1.165, 1.54) is 0 Å². The zero-order chi connectivity index (χ0) is 8.43. The lowest BCUT2D eigenvalue weighted by molar-refractivity contribution is 0.717. The van der Waals surface area contributed by atoms with Crippen molar-refractivity contribution < 1.29 is 0 Å². The Balaban J connectivity index is 3.31. The molecule has 0 spiro atoms. The van der Waals surface area contributed by atoms with Gasteiger partial charge < -0.3 is 0 Å². The minimum absolute atomic E-state index is 0.298. The minimum atomic E-state index is 0.298. The van der Waals surface area contributed by atoms with Gasteiger partial charge in [0.05, 0.1) is 5.69 Å². The summed E-state index contributed by atoms with van der Waals surface area (Å²) in [5.41, 5.74) is 1.38. The predicted molar refractivity (Wildman–Crippen MR) is 42.3 cm³/mol. The number of nitrogens with zero attached hydrogens (tertiary/aromatic N) is 3. The molecule has 4 heteroatoms. The van der Waals surface area contributed by atoms with Gasteiger partial charge in [-0.25, -0.2) is 0 Å². The molecule has 0 saturated heterocycles. The van der Waals surface area contributed by atoms with Crippen LogP contribution >= 0.6 is 11.6 Å². The maximum absolute atomic E-state index is 8.66. The van der Waals surface area contributed by atoms with E-state index in [1.807, 2.05) is 13.0 Å². The third kappa shape index (κ3) is 1.22. The smallest absolute Gasteiger partial charge is 0.169 e. The maximum atomic E-state index is 8.66. The topological polar surface area (TPSA) is 41.6 Å². The van der Waals surface area contributed by atoms with Gasteiger partial charge in [0, 0.05) is 7.05 Å². The fraction of sp³-hybridized carbons (Fsp3) is 0.429. The molecule has 1 aromatic heterocycles. The first-order valence-corrected chi connectivity index (χ1v) is 3.70. The van der Waals surface area contributed by atoms with E-state index >= 15 is 0 Å². The zero-order valence-corrected chi connectivity index (χ0v) is 7.18. The monoisotopic (exact) mass is 169 g/mol. The van der Waals surface area contributed by atoms with Crippen LogP contribution in [0.25, 0.3) is 0 Å². The summed E-state index contributed by atoms with van der Waals surface area (Å²) in [7, 11) is 1.78. The van der Waals surface area contributed by atoms with Crippen molar-refractivity contribution in [3.05, 3.63) is 16.4 Å². The van der Waals surface area contributed by atoms with Crippen molar-refractivity contribution in [2.45, 2.75) is 13.3 Å². The molecule has 0 aliphatic carbocycles. The second-order valence-corrected chi connectivity index (χ2v) is 2.56. The number of aryl methyl sites for hydroxylation is 1. The van der Waals surface area contributed by atoms with Crippen LogP contribution < -0.4 is 0 Å². The van der Waals surface area contributed by atoms with Crippen LogP contribution in [0.15, 0.2) is 0 Å². The number of hydrogen-bond donors (Lipinski definition) is 0. The first-order valence-electron chi connectivity index (χ1n) is 3.32. The van der Waals surface area contributed by atoms with Gasteiger partial charge in [0.25, 0.3) is 0 Å². The Labute approximate surface area is 70.2 Å². The standard InChI is InChI=1S/C7H8ClN3/c1-3-6-5(4-9)7(8)10-11(6)2/h3H2,1-2H3. The summed E-state index contributed by atoms with van der Waals surface area (Å²) < 4.78 is 1.64. The molecule has 0 bridgehead atoms. The van der Waals surface area contributed by atoms with Gasteiger partial charge in [-0.2, -0.15) is 10.4 Å². The molecule has 11 heavy (non-hydrogen) atoms. The average Bonchev–Trinajstić information content (AvgIpc) is 2.24. The Morgan fingerprint density at radius 3 is 2.73 bits per heavy atom. The molecule has 0 amide bonds. The van der Waals surface area contributed by atoms with E-state index in [9.17, 15) is 0 Å². The van der Waals surface area contributed by atoms with E-state index in [2.05, 4.69) is 5.10 Å². The highest BCUT2D eigenvalue weighted by molar-refractivity contribution is 6.30. The molecule has 0 aliphatic heterocycles. The van der Waals surface area contributed by atoms with E-state index in [-0.39, 0.29) is 0 Å². The number of hydrogen-bond acceptors (Lipinski definition) is 2. The van der Waals surface area contributed by atoms with Gasteiger partial charge in [-0.15, -0.1) is 0 Å². The van der Waals surface area contributed by atoms with Crippen molar-refractivity contribution in [3.8, 4) is 6.07 Å². The summed E-state index contributed by atoms with van der Waals surface area (Å²) in [4.78, 5) is 0. The summed E-state index contributed by atoms with van der Waals surface area (Å²) in [6, 6.07) is 2.02. The Bertz CT molecular complexity index is 308. The summed E-state index contributed by atoms with van der Waals surface area (Å²) in [6.07, 6.45) is 0.777. The van der Waals surface area contributed by atoms with Crippen LogP contribution in [0.5, 0.6) is 0 Å². The summed E-state index contributed by atoms with van der Waals surface area (Å²) in [5, 5.41) is 12.9. The normalized spacial score (nSPS) is 9.64. The summed E-state index contributed by atoms with van der Waals surface area (Å²) in [6.45, 7) is 1.97. The summed E-state index contributed by atoms with van der Waals surface area (Å²) >= 11 is 5.67. The summed E-state index contributed by atoms with van der Waals surface area (Å²) in [5.74, 6) is 0. The lowest BCUT2D eigenvalue weighted by Gasteiger charge is -1.94. The van der Waals surface area contributed by atoms with Crippen molar-refractivity contribution in [1.29, 1.82) is 5.26 Å². The molecule has 58 valence electrons. The number of nitriles is 1. The molecule has 0 N–H and O–H groups in total. The molecule has 3 nitrogen and oxygen atoms in total. The number of aromatic nitrogens is 2. The maximum Gasteiger partial charge on any atom is 0.169 e. The molecule has 0 saturated carbocycles. The second kappa shape index (κ2) is 2.93. The average molecular weight is 170 g/mol. The van der Waals surface area contributed by atoms with Crippen molar-refractivity contribution in [1.82, 2.24) is 9.78 Å². The molecular formula is C7H8ClN3. The van der Waals surface area contributed by atoms with Gasteiger partial charge in [0.15, 0.2) is 5.15 Å². The first kappa shape index (κ1) is 8.09. The van der Waals surface area contributed by atoms with Crippen molar-refractivity contribution in [2.24, 2.45) is 7.05 Å². The highest BCUT2D eigenvalue weighted by Crippen LogP contribution is 2.17. The zero-order valence-electron chi connectivity index (χ0n) is 6.43. The van der Waals surface area contributed by atoms with Crippen LogP contribution in [0.2, 0.25) is 5.15 Å². The third-order valence-corrected chi connectivity index (χ3v) is 1.83. The van der Waals surface area contributed by atoms with Crippen LogP contribution in [0.4, 0.5) is 0 Å². The fourth-order valence-corrected chi connectivity index (χ4v) is 1.30. The van der Waals surface area contributed by atoms with Crippen LogP contribution in [-0.4, -0.2) is 9.78 Å². The Kier molecular flexibility index (Phi) is 2.16. The molecule has 0 fully saturated rings. The second-order valence-electron chi connectivity index (χ2n) is 2.20. The molecule has 1 rings (SSSR count). The van der Waals surface area contributed by atoms with Gasteiger partial charge in [-0.1, -0.05) is 18.5 Å². The molecular weight excluding hydrogens is 162 g/mol. The first-order chi connectivity index (χ1) is 5.20. The Hall–Kier alpha value is -1.01. The van der Waals surface area contributed by atoms with Gasteiger partial charge in [-0.05, 0) is 6.42 Å². The van der Waals surface area contributed by atoms with E-state index in [0.717, 1.165) is 12.1 Å². The predicted octanol–water partition coefficient (Wildman–Crippen LogP) is 1.51. The number of halogens is 1. The van der Waals surface area contributed by atoms with E-state index in [1.54, 1.807) is 11.7 Å². The highest BCUT2D eigenvalue weighted by Gasteiger charge is 2.11. The fourth-order valence-electron chi connectivity index (χ4n) is 1.04. The highest BCUT2D eigenvalue weighted by atomic mass is 35.5. The van der Waals surface area contributed by atoms with E-state index < -0.39 is 0 Å². The number of rotatable bonds is 1. The van der Waals surface area contributed by atoms with Crippen LogP contribution in [-0.2, 0) is 13.5 Å². The van der Waals surface area contributed by atoms with Crippen LogP contribution in [0, 0.1) is 11.3 Å². The molecule has 1 heterocycles. The Morgan fingerprint density at radius 2 is 2.36 bits per heavy atom. The van der Waals surface area contributed by atoms with E-state index in [0.29, 0.717) is 10.7 Å². The van der Waals surface area contributed by atoms with Gasteiger partial charge >= 0.3 is 0 Å². The minimum Gasteiger partial charge on any atom is -0.270 e. The van der Waals surface area contributed by atoms with Crippen molar-refractivity contribution in [3.63, 3.8) is 0 Å². The quantitative estimate of drug-likeness (QED) is 0.640. The largest absolute Gasteiger partial charge is 0.270 e. The van der Waals surface area contributed by atoms with Gasteiger partial charge in [-0.3, -0.25) is 4.68 Å². The van der Waals surface area contributed by atoms with Crippen LogP contribution in [0.1, 0.15) is 18.2 Å². The molecule has 1 aromatic rings. The van der Waals surface area contributed by atoms with Gasteiger partial charge in [0.2, 0.25) is 0 Å². The molecule has 0 aliphatic rings. The Morgan fingerprint density at radius 1 is 1.73 bits per heavy atom. The molecule has 0 aromatic carbocycles. The molecule has 0 atom stereocenters. The lowest BCUT2D eigenvalue weighted by Crippen LogP contribution is -1.96. The SMILES string of the molecule is CCc1c(C#N)c(Cl)nn1C. The van der Waals surface area contributed by atoms with Crippen LogP contribution in [0.3, 0.4) is 0 Å². The lowest BCUT2D eigenvalue weighted by atomic mass is 10.2. The van der Waals surface area contributed by atoms with Crippen molar-refractivity contribution >= 4 is 11.6 Å². The van der Waals surface area contributed by atoms with E-state index in [4.69, 9.17) is 16.9 Å². The molecule has 0 unspecified atom stereocenters.